The van der Waals surface area contributed by atoms with Gasteiger partial charge in [-0.15, -0.1) is 23.1 Å². The highest BCUT2D eigenvalue weighted by Crippen LogP contribution is 2.41. The van der Waals surface area contributed by atoms with Gasteiger partial charge in [0.25, 0.3) is 5.91 Å². The van der Waals surface area contributed by atoms with E-state index in [1.165, 1.54) is 35.9 Å². The third-order valence-electron chi connectivity index (χ3n) is 3.91. The average Bonchev–Trinajstić information content (AvgIpc) is 3.28. The highest BCUT2D eigenvalue weighted by atomic mass is 32.2. The van der Waals surface area contributed by atoms with Crippen molar-refractivity contribution in [1.82, 2.24) is 4.98 Å². The van der Waals surface area contributed by atoms with E-state index in [0.29, 0.717) is 22.3 Å². The van der Waals surface area contributed by atoms with Crippen LogP contribution in [0.25, 0.3) is 0 Å². The van der Waals surface area contributed by atoms with Crippen LogP contribution in [0, 0.1) is 0 Å². The number of thiazole rings is 1. The van der Waals surface area contributed by atoms with Gasteiger partial charge in [0.05, 0.1) is 16.6 Å². The fourth-order valence-corrected chi connectivity index (χ4v) is 4.15. The number of fused-ring (bicyclic) bond motifs is 1. The molecule has 0 spiro atoms. The van der Waals surface area contributed by atoms with Gasteiger partial charge in [-0.1, -0.05) is 0 Å². The first-order chi connectivity index (χ1) is 11.1. The molecule has 2 aromatic rings. The minimum atomic E-state index is -0.206. The molecule has 2 heterocycles. The number of hydrogen-bond donors (Lipinski definition) is 2. The zero-order valence-electron chi connectivity index (χ0n) is 12.5. The Bertz CT molecular complexity index is 798. The van der Waals surface area contributed by atoms with E-state index in [0.717, 1.165) is 10.6 Å². The number of anilines is 2. The predicted octanol–water partition coefficient (Wildman–Crippen LogP) is 3.71. The lowest BCUT2D eigenvalue weighted by molar-refractivity contribution is -0.115. The van der Waals surface area contributed by atoms with Gasteiger partial charge in [-0.25, -0.2) is 4.98 Å². The molecular weight excluding hydrogens is 330 g/mol. The Labute approximate surface area is 141 Å². The number of amides is 2. The summed E-state index contributed by atoms with van der Waals surface area (Å²) in [5, 5.41) is 8.21. The van der Waals surface area contributed by atoms with Crippen LogP contribution in [-0.2, 0) is 4.79 Å². The maximum absolute atomic E-state index is 12.4. The molecule has 1 aliphatic carbocycles. The van der Waals surface area contributed by atoms with Crippen molar-refractivity contribution in [2.45, 2.75) is 35.8 Å². The molecule has 2 aliphatic rings. The summed E-state index contributed by atoms with van der Waals surface area (Å²) in [6.45, 7) is 1.86. The summed E-state index contributed by atoms with van der Waals surface area (Å²) in [6.07, 6.45) is 2.38. The molecule has 4 rings (SSSR count). The predicted molar refractivity (Wildman–Crippen MR) is 92.4 cm³/mol. The number of nitrogens with one attached hydrogen (secondary N) is 2. The van der Waals surface area contributed by atoms with Gasteiger partial charge in [0.2, 0.25) is 5.91 Å². The molecule has 0 bridgehead atoms. The Morgan fingerprint density at radius 3 is 3.00 bits per heavy atom. The molecule has 7 heteroatoms. The summed E-state index contributed by atoms with van der Waals surface area (Å²) in [5.74, 6) is 0.339. The van der Waals surface area contributed by atoms with Crippen LogP contribution in [0.1, 0.15) is 41.7 Å². The molecule has 1 aliphatic heterocycles. The normalized spacial score (nSPS) is 19.9. The third-order valence-corrected chi connectivity index (χ3v) is 5.86. The van der Waals surface area contributed by atoms with Crippen LogP contribution < -0.4 is 10.6 Å². The molecule has 1 saturated carbocycles. The van der Waals surface area contributed by atoms with Crippen molar-refractivity contribution in [2.24, 2.45) is 0 Å². The van der Waals surface area contributed by atoms with Crippen molar-refractivity contribution in [2.75, 3.05) is 10.6 Å². The van der Waals surface area contributed by atoms with Gasteiger partial charge >= 0.3 is 0 Å². The van der Waals surface area contributed by atoms with Gasteiger partial charge in [0.1, 0.15) is 0 Å². The van der Waals surface area contributed by atoms with Crippen LogP contribution in [0.4, 0.5) is 10.8 Å². The number of benzene rings is 1. The summed E-state index contributed by atoms with van der Waals surface area (Å²) >= 11 is 2.96. The number of aromatic nitrogens is 1. The van der Waals surface area contributed by atoms with Gasteiger partial charge in [-0.2, -0.15) is 0 Å². The van der Waals surface area contributed by atoms with Crippen LogP contribution in [0.15, 0.2) is 28.5 Å². The highest BCUT2D eigenvalue weighted by molar-refractivity contribution is 8.00. The van der Waals surface area contributed by atoms with E-state index in [4.69, 9.17) is 0 Å². The van der Waals surface area contributed by atoms with E-state index in [1.54, 1.807) is 12.1 Å². The van der Waals surface area contributed by atoms with E-state index in [-0.39, 0.29) is 17.1 Å². The fourth-order valence-electron chi connectivity index (χ4n) is 2.43. The summed E-state index contributed by atoms with van der Waals surface area (Å²) in [6, 6.07) is 5.37. The van der Waals surface area contributed by atoms with Gasteiger partial charge in [-0.3, -0.25) is 14.9 Å². The van der Waals surface area contributed by atoms with E-state index in [2.05, 4.69) is 15.6 Å². The minimum absolute atomic E-state index is 0.0333. The van der Waals surface area contributed by atoms with Crippen molar-refractivity contribution in [3.63, 3.8) is 0 Å². The van der Waals surface area contributed by atoms with Crippen LogP contribution in [-0.4, -0.2) is 22.0 Å². The first-order valence-corrected chi connectivity index (χ1v) is 9.24. The monoisotopic (exact) mass is 345 g/mol. The second-order valence-electron chi connectivity index (χ2n) is 5.77. The van der Waals surface area contributed by atoms with Gasteiger partial charge < -0.3 is 5.32 Å². The molecule has 118 valence electrons. The Kier molecular flexibility index (Phi) is 3.61. The molecule has 5 nitrogen and oxygen atoms in total. The maximum atomic E-state index is 12.4. The lowest BCUT2D eigenvalue weighted by Gasteiger charge is -2.21. The molecule has 1 aromatic heterocycles. The van der Waals surface area contributed by atoms with Crippen LogP contribution in [0.5, 0.6) is 0 Å². The van der Waals surface area contributed by atoms with Crippen LogP contribution >= 0.6 is 23.1 Å². The Balaban J connectivity index is 1.51. The van der Waals surface area contributed by atoms with Crippen LogP contribution in [0.2, 0.25) is 0 Å². The molecule has 2 amide bonds. The molecule has 0 radical (unpaired) electrons. The fraction of sp³-hybridized carbons (Fsp3) is 0.312. The second kappa shape index (κ2) is 5.65. The van der Waals surface area contributed by atoms with Gasteiger partial charge in [0.15, 0.2) is 5.13 Å². The molecule has 0 saturated heterocycles. The Morgan fingerprint density at radius 2 is 2.22 bits per heavy atom. The van der Waals surface area contributed by atoms with Crippen molar-refractivity contribution in [3.8, 4) is 0 Å². The molecule has 1 atom stereocenters. The van der Waals surface area contributed by atoms with E-state index in [1.807, 2.05) is 18.4 Å². The molecule has 1 fully saturated rings. The van der Waals surface area contributed by atoms with Crippen LogP contribution in [0.3, 0.4) is 0 Å². The first kappa shape index (κ1) is 14.7. The summed E-state index contributed by atoms with van der Waals surface area (Å²) in [4.78, 5) is 29.6. The van der Waals surface area contributed by atoms with Crippen molar-refractivity contribution in [1.29, 1.82) is 0 Å². The average molecular weight is 345 g/mol. The van der Waals surface area contributed by atoms with Crippen molar-refractivity contribution in [3.05, 3.63) is 34.8 Å². The van der Waals surface area contributed by atoms with E-state index < -0.39 is 0 Å². The quantitative estimate of drug-likeness (QED) is 0.890. The second-order valence-corrected chi connectivity index (χ2v) is 8.01. The number of carbonyl (C=O) groups is 2. The molecule has 23 heavy (non-hydrogen) atoms. The van der Waals surface area contributed by atoms with Gasteiger partial charge in [-0.05, 0) is 38.0 Å². The molecular formula is C16H15N3O2S2. The highest BCUT2D eigenvalue weighted by Gasteiger charge is 2.27. The maximum Gasteiger partial charge on any atom is 0.257 e. The lowest BCUT2D eigenvalue weighted by atomic mass is 10.2. The van der Waals surface area contributed by atoms with Gasteiger partial charge in [0, 0.05) is 21.8 Å². The SMILES string of the molecule is CC1Sc2ccc(C(=O)Nc3nc(C4CC4)cs3)cc2NC1=O. The van der Waals surface area contributed by atoms with E-state index >= 15 is 0 Å². The number of thioether (sulfide) groups is 1. The number of rotatable bonds is 3. The standard InChI is InChI=1S/C16H15N3O2S2/c1-8-14(20)17-11-6-10(4-5-13(11)23-8)15(21)19-16-18-12(7-22-16)9-2-3-9/h4-9H,2-3H2,1H3,(H,17,20)(H,18,19,21). The topological polar surface area (TPSA) is 71.1 Å². The number of nitrogens with zero attached hydrogens (tertiary/aromatic N) is 1. The Morgan fingerprint density at radius 1 is 1.39 bits per heavy atom. The third kappa shape index (κ3) is 2.98. The largest absolute Gasteiger partial charge is 0.324 e. The lowest BCUT2D eigenvalue weighted by Crippen LogP contribution is -2.26. The zero-order valence-corrected chi connectivity index (χ0v) is 14.1. The van der Waals surface area contributed by atoms with Crippen molar-refractivity contribution >= 4 is 45.7 Å². The number of carbonyl (C=O) groups excluding carboxylic acids is 2. The first-order valence-electron chi connectivity index (χ1n) is 7.48. The molecule has 2 N–H and O–H groups in total. The zero-order chi connectivity index (χ0) is 16.0. The molecule has 1 unspecified atom stereocenters. The summed E-state index contributed by atoms with van der Waals surface area (Å²) in [5.41, 5.74) is 2.29. The molecule has 1 aromatic carbocycles. The van der Waals surface area contributed by atoms with Crippen molar-refractivity contribution < 1.29 is 9.59 Å². The smallest absolute Gasteiger partial charge is 0.257 e. The Hall–Kier alpha value is -1.86. The number of hydrogen-bond acceptors (Lipinski definition) is 5. The summed E-state index contributed by atoms with van der Waals surface area (Å²) < 4.78 is 0. The van der Waals surface area contributed by atoms with E-state index in [9.17, 15) is 9.59 Å². The minimum Gasteiger partial charge on any atom is -0.324 e. The summed E-state index contributed by atoms with van der Waals surface area (Å²) in [7, 11) is 0.